The van der Waals surface area contributed by atoms with Gasteiger partial charge in [-0.15, -0.1) is 0 Å². The highest BCUT2D eigenvalue weighted by Gasteiger charge is 2.20. The fourth-order valence-electron chi connectivity index (χ4n) is 1.30. The zero-order valence-electron chi connectivity index (χ0n) is 7.62. The molecule has 1 unspecified atom stereocenters. The van der Waals surface area contributed by atoms with Gasteiger partial charge in [-0.3, -0.25) is 0 Å². The maximum Gasteiger partial charge on any atom is 0.0577 e. The van der Waals surface area contributed by atoms with Crippen LogP contribution < -0.4 is 0 Å². The lowest BCUT2D eigenvalue weighted by Gasteiger charge is -2.22. The van der Waals surface area contributed by atoms with Crippen LogP contribution in [0.4, 0.5) is 0 Å². The van der Waals surface area contributed by atoms with Crippen molar-refractivity contribution >= 4 is 23.2 Å². The standard InChI is InChI=1S/C10H13Cl2/c1-6(2)8-4-7(3)10(12)9(11)5-8/h4,8H,5H2,1-3H3. The third-order valence-electron chi connectivity index (χ3n) is 2.18. The van der Waals surface area contributed by atoms with E-state index in [0.717, 1.165) is 22.1 Å². The van der Waals surface area contributed by atoms with E-state index in [0.29, 0.717) is 5.92 Å². The normalized spacial score (nSPS) is 24.8. The van der Waals surface area contributed by atoms with Crippen LogP contribution >= 0.6 is 23.2 Å². The Bertz CT molecular complexity index is 236. The van der Waals surface area contributed by atoms with E-state index in [1.807, 2.05) is 6.92 Å². The Morgan fingerprint density at radius 1 is 1.42 bits per heavy atom. The molecule has 2 heteroatoms. The lowest BCUT2D eigenvalue weighted by Crippen LogP contribution is -2.08. The van der Waals surface area contributed by atoms with Crippen molar-refractivity contribution in [3.05, 3.63) is 27.6 Å². The summed E-state index contributed by atoms with van der Waals surface area (Å²) < 4.78 is 0. The van der Waals surface area contributed by atoms with Gasteiger partial charge in [-0.2, -0.15) is 0 Å². The van der Waals surface area contributed by atoms with Crippen molar-refractivity contribution in [2.75, 3.05) is 0 Å². The molecule has 0 saturated carbocycles. The number of allylic oxidation sites excluding steroid dienone is 4. The maximum atomic E-state index is 5.99. The largest absolute Gasteiger partial charge is 0.0875 e. The van der Waals surface area contributed by atoms with E-state index in [9.17, 15) is 0 Å². The average Bonchev–Trinajstić information content (AvgIpc) is 1.99. The van der Waals surface area contributed by atoms with Crippen molar-refractivity contribution in [3.8, 4) is 0 Å². The summed E-state index contributed by atoms with van der Waals surface area (Å²) in [5, 5.41) is 1.53. The highest BCUT2D eigenvalue weighted by molar-refractivity contribution is 6.40. The highest BCUT2D eigenvalue weighted by atomic mass is 35.5. The first-order chi connectivity index (χ1) is 5.52. The summed E-state index contributed by atoms with van der Waals surface area (Å²) in [7, 11) is 0. The molecule has 1 aliphatic rings. The third-order valence-corrected chi connectivity index (χ3v) is 3.14. The first kappa shape index (κ1) is 10.1. The summed E-state index contributed by atoms with van der Waals surface area (Å²) in [4.78, 5) is 0. The second-order valence-corrected chi connectivity index (χ2v) is 4.29. The van der Waals surface area contributed by atoms with Crippen LogP contribution in [0.25, 0.3) is 0 Å². The van der Waals surface area contributed by atoms with Crippen molar-refractivity contribution in [1.82, 2.24) is 0 Å². The molecule has 0 fully saturated rings. The molecule has 67 valence electrons. The number of hydrogen-bond acceptors (Lipinski definition) is 0. The summed E-state index contributed by atoms with van der Waals surface area (Å²) in [6.07, 6.45) is 3.05. The van der Waals surface area contributed by atoms with Gasteiger partial charge in [-0.25, -0.2) is 0 Å². The molecule has 1 atom stereocenters. The minimum atomic E-state index is 0.472. The number of rotatable bonds is 1. The fourth-order valence-corrected chi connectivity index (χ4v) is 1.76. The van der Waals surface area contributed by atoms with E-state index in [-0.39, 0.29) is 0 Å². The Hall–Kier alpha value is 0.0600. The van der Waals surface area contributed by atoms with Gasteiger partial charge in [-0.05, 0) is 30.8 Å². The molecular weight excluding hydrogens is 191 g/mol. The van der Waals surface area contributed by atoms with Crippen LogP contribution in [0.5, 0.6) is 0 Å². The van der Waals surface area contributed by atoms with E-state index >= 15 is 0 Å². The molecule has 0 saturated heterocycles. The SMILES string of the molecule is C[C](C)C1C=C(C)C(Cl)=C(Cl)C1. The predicted octanol–water partition coefficient (Wildman–Crippen LogP) is 4.26. The first-order valence-corrected chi connectivity index (χ1v) is 4.81. The second kappa shape index (κ2) is 3.85. The quantitative estimate of drug-likeness (QED) is 0.598. The Kier molecular flexibility index (Phi) is 3.25. The van der Waals surface area contributed by atoms with Gasteiger partial charge in [0, 0.05) is 5.03 Å². The Balaban J connectivity index is 2.84. The van der Waals surface area contributed by atoms with Gasteiger partial charge in [0.05, 0.1) is 5.03 Å². The summed E-state index contributed by atoms with van der Waals surface area (Å²) in [5.41, 5.74) is 1.10. The van der Waals surface area contributed by atoms with Crippen molar-refractivity contribution in [3.63, 3.8) is 0 Å². The molecule has 1 rings (SSSR count). The van der Waals surface area contributed by atoms with Gasteiger partial charge in [0.15, 0.2) is 0 Å². The van der Waals surface area contributed by atoms with Crippen LogP contribution in [0.2, 0.25) is 0 Å². The maximum absolute atomic E-state index is 5.99. The minimum Gasteiger partial charge on any atom is -0.0875 e. The van der Waals surface area contributed by atoms with Gasteiger partial charge in [0.25, 0.3) is 0 Å². The van der Waals surface area contributed by atoms with Gasteiger partial charge in [0.1, 0.15) is 0 Å². The Morgan fingerprint density at radius 2 is 2.00 bits per heavy atom. The van der Waals surface area contributed by atoms with Gasteiger partial charge in [0.2, 0.25) is 0 Å². The molecular formula is C10H13Cl2. The van der Waals surface area contributed by atoms with E-state index in [4.69, 9.17) is 23.2 Å². The summed E-state index contributed by atoms with van der Waals surface area (Å²) in [6, 6.07) is 0. The molecule has 1 aliphatic carbocycles. The monoisotopic (exact) mass is 203 g/mol. The van der Waals surface area contributed by atoms with Crippen LogP contribution in [-0.2, 0) is 0 Å². The van der Waals surface area contributed by atoms with E-state index in [2.05, 4.69) is 19.9 Å². The van der Waals surface area contributed by atoms with Crippen molar-refractivity contribution < 1.29 is 0 Å². The number of halogens is 2. The Labute approximate surface area is 84.2 Å². The molecule has 0 N–H and O–H groups in total. The van der Waals surface area contributed by atoms with E-state index in [1.165, 1.54) is 5.92 Å². The molecule has 0 amide bonds. The summed E-state index contributed by atoms with van der Waals surface area (Å²) in [5.74, 6) is 1.86. The van der Waals surface area contributed by atoms with Crippen molar-refractivity contribution in [1.29, 1.82) is 0 Å². The molecule has 0 bridgehead atoms. The molecule has 0 heterocycles. The highest BCUT2D eigenvalue weighted by Crippen LogP contribution is 2.36. The second-order valence-electron chi connectivity index (χ2n) is 3.46. The predicted molar refractivity (Wildman–Crippen MR) is 55.2 cm³/mol. The van der Waals surface area contributed by atoms with Crippen LogP contribution in [0.1, 0.15) is 27.2 Å². The summed E-state index contributed by atoms with van der Waals surface area (Å²) >= 11 is 12.0. The first-order valence-electron chi connectivity index (χ1n) is 4.05. The van der Waals surface area contributed by atoms with Gasteiger partial charge < -0.3 is 0 Å². The van der Waals surface area contributed by atoms with Crippen LogP contribution in [0, 0.1) is 11.8 Å². The average molecular weight is 204 g/mol. The van der Waals surface area contributed by atoms with E-state index in [1.54, 1.807) is 0 Å². The van der Waals surface area contributed by atoms with Gasteiger partial charge in [-0.1, -0.05) is 43.1 Å². The topological polar surface area (TPSA) is 0 Å². The smallest absolute Gasteiger partial charge is 0.0577 e. The lowest BCUT2D eigenvalue weighted by atomic mass is 9.87. The molecule has 1 radical (unpaired) electrons. The zero-order valence-corrected chi connectivity index (χ0v) is 9.13. The molecule has 0 spiro atoms. The Morgan fingerprint density at radius 3 is 2.42 bits per heavy atom. The lowest BCUT2D eigenvalue weighted by molar-refractivity contribution is 0.661. The van der Waals surface area contributed by atoms with E-state index < -0.39 is 0 Å². The van der Waals surface area contributed by atoms with Crippen LogP contribution in [0.15, 0.2) is 21.7 Å². The molecule has 0 aliphatic heterocycles. The molecule has 0 nitrogen and oxygen atoms in total. The minimum absolute atomic E-state index is 0.472. The molecule has 0 aromatic heterocycles. The van der Waals surface area contributed by atoms with Crippen molar-refractivity contribution in [2.45, 2.75) is 27.2 Å². The fraction of sp³-hybridized carbons (Fsp3) is 0.500. The summed E-state index contributed by atoms with van der Waals surface area (Å²) in [6.45, 7) is 6.25. The molecule has 0 aromatic rings. The number of hydrogen-bond donors (Lipinski definition) is 0. The van der Waals surface area contributed by atoms with Crippen molar-refractivity contribution in [2.24, 2.45) is 5.92 Å². The molecule has 0 aromatic carbocycles. The third kappa shape index (κ3) is 2.05. The molecule has 12 heavy (non-hydrogen) atoms. The van der Waals surface area contributed by atoms with Gasteiger partial charge >= 0.3 is 0 Å². The van der Waals surface area contributed by atoms with Crippen LogP contribution in [-0.4, -0.2) is 0 Å². The zero-order chi connectivity index (χ0) is 9.30. The van der Waals surface area contributed by atoms with Crippen LogP contribution in [0.3, 0.4) is 0 Å².